The Morgan fingerprint density at radius 3 is 2.79 bits per heavy atom. The summed E-state index contributed by atoms with van der Waals surface area (Å²) in [5.41, 5.74) is 1.32. The van der Waals surface area contributed by atoms with Gasteiger partial charge in [-0.15, -0.1) is 0 Å². The van der Waals surface area contributed by atoms with Gasteiger partial charge < -0.3 is 5.32 Å². The zero-order valence-electron chi connectivity index (χ0n) is 10.7. The largest absolute Gasteiger partial charge is 0.310 e. The lowest BCUT2D eigenvalue weighted by Gasteiger charge is -2.15. The molecule has 1 unspecified atom stereocenters. The predicted molar refractivity (Wildman–Crippen MR) is 70.7 cm³/mol. The van der Waals surface area contributed by atoms with Gasteiger partial charge in [0.05, 0.1) is 0 Å². The molecule has 1 N–H and O–H groups in total. The molecule has 2 nitrogen and oxygen atoms in total. The molecule has 1 heterocycles. The summed E-state index contributed by atoms with van der Waals surface area (Å²) in [6, 6.07) is 9.00. The third-order valence-electron chi connectivity index (χ3n) is 2.98. The van der Waals surface area contributed by atoms with Crippen LogP contribution < -0.4 is 5.32 Å². The van der Waals surface area contributed by atoms with E-state index < -0.39 is 5.82 Å². The van der Waals surface area contributed by atoms with Gasteiger partial charge in [-0.1, -0.05) is 6.07 Å². The highest BCUT2D eigenvalue weighted by atomic mass is 19.1. The predicted octanol–water partition coefficient (Wildman–Crippen LogP) is 3.25. The number of benzene rings is 1. The van der Waals surface area contributed by atoms with Gasteiger partial charge in [-0.3, -0.25) is 4.98 Å². The molecule has 0 amide bonds. The van der Waals surface area contributed by atoms with E-state index in [4.69, 9.17) is 0 Å². The van der Waals surface area contributed by atoms with Gasteiger partial charge in [0, 0.05) is 36.5 Å². The quantitative estimate of drug-likeness (QED) is 0.894. The Morgan fingerprint density at radius 1 is 1.21 bits per heavy atom. The number of hydrogen-bond acceptors (Lipinski definition) is 2. The number of aromatic nitrogens is 1. The van der Waals surface area contributed by atoms with Crippen molar-refractivity contribution in [2.45, 2.75) is 19.4 Å². The Balaban J connectivity index is 1.91. The molecule has 0 saturated carbocycles. The van der Waals surface area contributed by atoms with Crippen LogP contribution in [0.15, 0.2) is 42.6 Å². The lowest BCUT2D eigenvalue weighted by atomic mass is 10.1. The van der Waals surface area contributed by atoms with Crippen molar-refractivity contribution in [3.8, 4) is 0 Å². The van der Waals surface area contributed by atoms with E-state index in [2.05, 4.69) is 10.3 Å². The molecule has 0 saturated heterocycles. The smallest absolute Gasteiger partial charge is 0.128 e. The minimum absolute atomic E-state index is 0.237. The summed E-state index contributed by atoms with van der Waals surface area (Å²) in [7, 11) is 0. The van der Waals surface area contributed by atoms with Crippen molar-refractivity contribution < 1.29 is 8.78 Å². The number of nitrogens with one attached hydrogen (secondary N) is 1. The van der Waals surface area contributed by atoms with Gasteiger partial charge in [0.15, 0.2) is 0 Å². The number of nitrogens with zero attached hydrogens (tertiary/aromatic N) is 1. The fraction of sp³-hybridized carbons (Fsp3) is 0.267. The van der Waals surface area contributed by atoms with E-state index in [1.807, 2.05) is 25.1 Å². The van der Waals surface area contributed by atoms with Crippen LogP contribution >= 0.6 is 0 Å². The Hall–Kier alpha value is -1.81. The molecule has 0 aliphatic rings. The summed E-state index contributed by atoms with van der Waals surface area (Å²) in [5, 5.41) is 3.17. The van der Waals surface area contributed by atoms with E-state index in [0.717, 1.165) is 24.2 Å². The first kappa shape index (κ1) is 13.6. The first-order valence-corrected chi connectivity index (χ1v) is 6.25. The van der Waals surface area contributed by atoms with Crippen LogP contribution in [0.4, 0.5) is 8.78 Å². The van der Waals surface area contributed by atoms with Crippen LogP contribution in [0.25, 0.3) is 0 Å². The second-order valence-corrected chi connectivity index (χ2v) is 4.41. The molecule has 0 radical (unpaired) electrons. The molecular formula is C15H16F2N2. The summed E-state index contributed by atoms with van der Waals surface area (Å²) >= 11 is 0. The maximum Gasteiger partial charge on any atom is 0.128 e. The Kier molecular flexibility index (Phi) is 4.58. The average molecular weight is 262 g/mol. The molecule has 100 valence electrons. The van der Waals surface area contributed by atoms with Crippen LogP contribution in [0.2, 0.25) is 0 Å². The highest BCUT2D eigenvalue weighted by Crippen LogP contribution is 2.17. The van der Waals surface area contributed by atoms with Gasteiger partial charge >= 0.3 is 0 Å². The molecule has 4 heteroatoms. The normalized spacial score (nSPS) is 12.4. The van der Waals surface area contributed by atoms with Gasteiger partial charge in [-0.05, 0) is 37.3 Å². The topological polar surface area (TPSA) is 24.9 Å². The van der Waals surface area contributed by atoms with E-state index in [-0.39, 0.29) is 11.9 Å². The van der Waals surface area contributed by atoms with Crippen molar-refractivity contribution in [1.82, 2.24) is 10.3 Å². The van der Waals surface area contributed by atoms with E-state index >= 15 is 0 Å². The first-order chi connectivity index (χ1) is 9.16. The molecule has 19 heavy (non-hydrogen) atoms. The minimum Gasteiger partial charge on any atom is -0.310 e. The fourth-order valence-electron chi connectivity index (χ4n) is 1.92. The van der Waals surface area contributed by atoms with E-state index in [1.54, 1.807) is 6.20 Å². The summed E-state index contributed by atoms with van der Waals surface area (Å²) in [4.78, 5) is 4.21. The van der Waals surface area contributed by atoms with Crippen molar-refractivity contribution in [3.05, 3.63) is 65.5 Å². The second-order valence-electron chi connectivity index (χ2n) is 4.41. The number of pyridine rings is 1. The molecule has 0 aliphatic carbocycles. The molecule has 0 fully saturated rings. The van der Waals surface area contributed by atoms with Crippen LogP contribution in [-0.2, 0) is 6.42 Å². The molecule has 1 aromatic carbocycles. The number of hydrogen-bond donors (Lipinski definition) is 1. The van der Waals surface area contributed by atoms with Gasteiger partial charge in [0.25, 0.3) is 0 Å². The lowest BCUT2D eigenvalue weighted by molar-refractivity contribution is 0.520. The second kappa shape index (κ2) is 6.38. The average Bonchev–Trinajstić information content (AvgIpc) is 2.42. The van der Waals surface area contributed by atoms with Gasteiger partial charge in [-0.25, -0.2) is 8.78 Å². The van der Waals surface area contributed by atoms with Crippen molar-refractivity contribution in [2.24, 2.45) is 0 Å². The van der Waals surface area contributed by atoms with Crippen molar-refractivity contribution in [2.75, 3.05) is 6.54 Å². The monoisotopic (exact) mass is 262 g/mol. The zero-order chi connectivity index (χ0) is 13.7. The molecule has 2 aromatic rings. The molecule has 2 rings (SSSR count). The molecule has 0 aliphatic heterocycles. The Bertz CT molecular complexity index is 529. The maximum atomic E-state index is 13.6. The van der Waals surface area contributed by atoms with Crippen molar-refractivity contribution in [1.29, 1.82) is 0 Å². The Labute approximate surface area is 111 Å². The van der Waals surface area contributed by atoms with Gasteiger partial charge in [0.1, 0.15) is 11.6 Å². The van der Waals surface area contributed by atoms with E-state index in [1.165, 1.54) is 6.07 Å². The van der Waals surface area contributed by atoms with Crippen LogP contribution in [0.5, 0.6) is 0 Å². The summed E-state index contributed by atoms with van der Waals surface area (Å²) in [6.07, 6.45) is 2.49. The lowest BCUT2D eigenvalue weighted by Crippen LogP contribution is -2.22. The summed E-state index contributed by atoms with van der Waals surface area (Å²) in [5.74, 6) is -0.811. The first-order valence-electron chi connectivity index (χ1n) is 6.25. The Morgan fingerprint density at radius 2 is 2.05 bits per heavy atom. The van der Waals surface area contributed by atoms with Crippen LogP contribution in [-0.4, -0.2) is 11.5 Å². The van der Waals surface area contributed by atoms with E-state index in [0.29, 0.717) is 12.1 Å². The molecule has 0 spiro atoms. The number of rotatable bonds is 5. The highest BCUT2D eigenvalue weighted by Gasteiger charge is 2.11. The van der Waals surface area contributed by atoms with Gasteiger partial charge in [-0.2, -0.15) is 0 Å². The van der Waals surface area contributed by atoms with Crippen LogP contribution in [0, 0.1) is 11.6 Å². The standard InChI is InChI=1S/C15H16F2N2/c1-11(14-10-12(16)5-6-15(14)17)18-9-7-13-4-2-3-8-19-13/h2-6,8,10-11,18H,7,9H2,1H3. The summed E-state index contributed by atoms with van der Waals surface area (Å²) in [6.45, 7) is 2.48. The maximum absolute atomic E-state index is 13.6. The third-order valence-corrected chi connectivity index (χ3v) is 2.98. The zero-order valence-corrected chi connectivity index (χ0v) is 10.7. The highest BCUT2D eigenvalue weighted by molar-refractivity contribution is 5.21. The van der Waals surface area contributed by atoms with Crippen LogP contribution in [0.3, 0.4) is 0 Å². The fourth-order valence-corrected chi connectivity index (χ4v) is 1.92. The SMILES string of the molecule is CC(NCCc1ccccn1)c1cc(F)ccc1F. The molecule has 1 aromatic heterocycles. The molecule has 0 bridgehead atoms. The van der Waals surface area contributed by atoms with Gasteiger partial charge in [0.2, 0.25) is 0 Å². The minimum atomic E-state index is -0.422. The van der Waals surface area contributed by atoms with Crippen molar-refractivity contribution >= 4 is 0 Å². The molecule has 1 atom stereocenters. The van der Waals surface area contributed by atoms with Crippen molar-refractivity contribution in [3.63, 3.8) is 0 Å². The molecular weight excluding hydrogens is 246 g/mol. The number of halogens is 2. The summed E-state index contributed by atoms with van der Waals surface area (Å²) < 4.78 is 26.6. The van der Waals surface area contributed by atoms with E-state index in [9.17, 15) is 8.78 Å². The third kappa shape index (κ3) is 3.83. The van der Waals surface area contributed by atoms with Crippen LogP contribution in [0.1, 0.15) is 24.2 Å².